The van der Waals surface area contributed by atoms with E-state index in [0.717, 1.165) is 11.1 Å². The molecule has 0 spiro atoms. The Bertz CT molecular complexity index is 668. The molecule has 0 aliphatic heterocycles. The fourth-order valence-corrected chi connectivity index (χ4v) is 3.30. The maximum Gasteiger partial charge on any atom is 0.327 e. The van der Waals surface area contributed by atoms with E-state index in [0.29, 0.717) is 32.4 Å². The third-order valence-corrected chi connectivity index (χ3v) is 4.43. The largest absolute Gasteiger partial charge is 0.508 e. The van der Waals surface area contributed by atoms with Crippen LogP contribution in [0.5, 0.6) is 5.75 Å². The van der Waals surface area contributed by atoms with Gasteiger partial charge in [-0.05, 0) is 36.1 Å². The zero-order chi connectivity index (χ0) is 17.6. The fourth-order valence-electron chi connectivity index (χ4n) is 3.30. The van der Waals surface area contributed by atoms with Gasteiger partial charge in [-0.3, -0.25) is 4.90 Å². The zero-order valence-electron chi connectivity index (χ0n) is 13.7. The number of esters is 1. The molecular weight excluding hydrogens is 304 g/mol. The van der Waals surface area contributed by atoms with E-state index >= 15 is 0 Å². The third kappa shape index (κ3) is 3.50. The van der Waals surface area contributed by atoms with E-state index in [1.807, 2.05) is 17.0 Å². The molecule has 0 fully saturated rings. The van der Waals surface area contributed by atoms with Crippen molar-refractivity contribution in [2.45, 2.75) is 24.8 Å². The molecule has 0 saturated heterocycles. The van der Waals surface area contributed by atoms with Gasteiger partial charge in [-0.2, -0.15) is 5.26 Å². The van der Waals surface area contributed by atoms with Crippen molar-refractivity contribution in [2.75, 3.05) is 19.7 Å². The van der Waals surface area contributed by atoms with E-state index in [-0.39, 0.29) is 12.4 Å². The lowest BCUT2D eigenvalue weighted by Gasteiger charge is -2.44. The summed E-state index contributed by atoms with van der Waals surface area (Å²) >= 11 is 0. The predicted molar refractivity (Wildman–Crippen MR) is 91.4 cm³/mol. The summed E-state index contributed by atoms with van der Waals surface area (Å²) < 4.78 is 5.19. The van der Waals surface area contributed by atoms with Gasteiger partial charge in [-0.15, -0.1) is 13.2 Å². The highest BCUT2D eigenvalue weighted by atomic mass is 16.5. The van der Waals surface area contributed by atoms with Crippen LogP contribution in [0.1, 0.15) is 17.5 Å². The summed E-state index contributed by atoms with van der Waals surface area (Å²) in [5, 5.41) is 18.4. The summed E-state index contributed by atoms with van der Waals surface area (Å²) in [5.74, 6) is -0.172. The Morgan fingerprint density at radius 2 is 2.08 bits per heavy atom. The normalized spacial score (nSPS) is 19.2. The number of ether oxygens (including phenoxy) is 1. The van der Waals surface area contributed by atoms with Crippen molar-refractivity contribution in [3.8, 4) is 11.8 Å². The molecule has 24 heavy (non-hydrogen) atoms. The van der Waals surface area contributed by atoms with Gasteiger partial charge in [0.1, 0.15) is 17.4 Å². The molecule has 1 aromatic rings. The molecule has 0 saturated carbocycles. The fraction of sp³-hybridized carbons (Fsp3) is 0.368. The van der Waals surface area contributed by atoms with Crippen molar-refractivity contribution in [3.05, 3.63) is 54.6 Å². The first-order valence-electron chi connectivity index (χ1n) is 7.89. The number of rotatable bonds is 7. The SMILES string of the molecule is C=CCN(CC=C)C1(C(=O)OCC#N)CCc2cc(O)ccc2C1. The molecular formula is C19H22N2O3. The Hall–Kier alpha value is -2.58. The second-order valence-electron chi connectivity index (χ2n) is 5.88. The number of nitrogens with zero attached hydrogens (tertiary/aromatic N) is 2. The average molecular weight is 326 g/mol. The minimum Gasteiger partial charge on any atom is -0.508 e. The maximum absolute atomic E-state index is 12.8. The summed E-state index contributed by atoms with van der Waals surface area (Å²) in [6.45, 7) is 8.31. The Kier molecular flexibility index (Phi) is 5.78. The van der Waals surface area contributed by atoms with Gasteiger partial charge in [-0.25, -0.2) is 4.79 Å². The maximum atomic E-state index is 12.8. The number of phenolic OH excluding ortho intramolecular Hbond substituents is 1. The lowest BCUT2D eigenvalue weighted by Crippen LogP contribution is -2.58. The first-order valence-corrected chi connectivity index (χ1v) is 7.89. The molecule has 1 N–H and O–H groups in total. The summed E-state index contributed by atoms with van der Waals surface area (Å²) in [7, 11) is 0. The second kappa shape index (κ2) is 7.80. The van der Waals surface area contributed by atoms with Gasteiger partial charge in [0.2, 0.25) is 0 Å². The highest BCUT2D eigenvalue weighted by Crippen LogP contribution is 2.36. The summed E-state index contributed by atoms with van der Waals surface area (Å²) in [6.07, 6.45) is 5.16. The van der Waals surface area contributed by atoms with E-state index < -0.39 is 11.5 Å². The highest BCUT2D eigenvalue weighted by Gasteiger charge is 2.46. The van der Waals surface area contributed by atoms with Crippen LogP contribution in [0, 0.1) is 11.3 Å². The van der Waals surface area contributed by atoms with Crippen LogP contribution in [0.3, 0.4) is 0 Å². The summed E-state index contributed by atoms with van der Waals surface area (Å²) in [5.41, 5.74) is 1.19. The Labute approximate surface area is 142 Å². The smallest absolute Gasteiger partial charge is 0.327 e. The van der Waals surface area contributed by atoms with Gasteiger partial charge in [0.05, 0.1) is 0 Å². The monoisotopic (exact) mass is 326 g/mol. The molecule has 1 aliphatic carbocycles. The molecule has 0 aromatic heterocycles. The van der Waals surface area contributed by atoms with Crippen LogP contribution in [0.15, 0.2) is 43.5 Å². The minimum atomic E-state index is -0.858. The van der Waals surface area contributed by atoms with Crippen molar-refractivity contribution in [2.24, 2.45) is 0 Å². The van der Waals surface area contributed by atoms with Crippen molar-refractivity contribution in [1.82, 2.24) is 4.90 Å². The number of aryl methyl sites for hydroxylation is 1. The molecule has 0 bridgehead atoms. The molecule has 2 rings (SSSR count). The average Bonchev–Trinajstić information content (AvgIpc) is 2.59. The Morgan fingerprint density at radius 3 is 2.71 bits per heavy atom. The van der Waals surface area contributed by atoms with Crippen LogP contribution in [0.4, 0.5) is 0 Å². The molecule has 126 valence electrons. The predicted octanol–water partition coefficient (Wildman–Crippen LogP) is 2.36. The zero-order valence-corrected chi connectivity index (χ0v) is 13.7. The lowest BCUT2D eigenvalue weighted by atomic mass is 9.76. The van der Waals surface area contributed by atoms with Crippen LogP contribution in [-0.4, -0.2) is 41.2 Å². The van der Waals surface area contributed by atoms with Gasteiger partial charge in [0.15, 0.2) is 6.61 Å². The first kappa shape index (κ1) is 17.8. The van der Waals surface area contributed by atoms with Crippen molar-refractivity contribution < 1.29 is 14.6 Å². The molecule has 1 atom stereocenters. The number of aromatic hydroxyl groups is 1. The van der Waals surface area contributed by atoms with Gasteiger partial charge in [0, 0.05) is 19.5 Å². The van der Waals surface area contributed by atoms with Crippen LogP contribution >= 0.6 is 0 Å². The molecule has 0 heterocycles. The Balaban J connectivity index is 2.42. The lowest BCUT2D eigenvalue weighted by molar-refractivity contribution is -0.157. The van der Waals surface area contributed by atoms with Crippen LogP contribution < -0.4 is 0 Å². The number of nitriles is 1. The van der Waals surface area contributed by atoms with Crippen LogP contribution in [0.2, 0.25) is 0 Å². The van der Waals surface area contributed by atoms with Gasteiger partial charge < -0.3 is 9.84 Å². The van der Waals surface area contributed by atoms with Crippen molar-refractivity contribution in [3.63, 3.8) is 0 Å². The number of carbonyl (C=O) groups is 1. The molecule has 5 heteroatoms. The topological polar surface area (TPSA) is 73.6 Å². The summed E-state index contributed by atoms with van der Waals surface area (Å²) in [6, 6.07) is 7.06. The van der Waals surface area contributed by atoms with Gasteiger partial charge >= 0.3 is 5.97 Å². The molecule has 1 aliphatic rings. The molecule has 0 amide bonds. The number of hydrogen-bond acceptors (Lipinski definition) is 5. The van der Waals surface area contributed by atoms with Crippen molar-refractivity contribution in [1.29, 1.82) is 5.26 Å². The van der Waals surface area contributed by atoms with E-state index in [1.165, 1.54) is 0 Å². The third-order valence-electron chi connectivity index (χ3n) is 4.43. The van der Waals surface area contributed by atoms with Crippen LogP contribution in [0.25, 0.3) is 0 Å². The number of phenols is 1. The van der Waals surface area contributed by atoms with E-state index in [1.54, 1.807) is 24.3 Å². The molecule has 1 unspecified atom stereocenters. The number of carbonyl (C=O) groups excluding carboxylic acids is 1. The second-order valence-corrected chi connectivity index (χ2v) is 5.88. The van der Waals surface area contributed by atoms with Gasteiger partial charge in [0.25, 0.3) is 0 Å². The van der Waals surface area contributed by atoms with E-state index in [4.69, 9.17) is 10.00 Å². The van der Waals surface area contributed by atoms with Crippen molar-refractivity contribution >= 4 is 5.97 Å². The van der Waals surface area contributed by atoms with Crippen LogP contribution in [-0.2, 0) is 22.4 Å². The molecule has 5 nitrogen and oxygen atoms in total. The quantitative estimate of drug-likeness (QED) is 0.615. The summed E-state index contributed by atoms with van der Waals surface area (Å²) in [4.78, 5) is 14.8. The Morgan fingerprint density at radius 1 is 1.38 bits per heavy atom. The highest BCUT2D eigenvalue weighted by molar-refractivity contribution is 5.82. The number of fused-ring (bicyclic) bond motifs is 1. The van der Waals surface area contributed by atoms with E-state index in [9.17, 15) is 9.90 Å². The minimum absolute atomic E-state index is 0.224. The van der Waals surface area contributed by atoms with Gasteiger partial charge in [-0.1, -0.05) is 18.2 Å². The number of benzene rings is 1. The first-order chi connectivity index (χ1) is 11.6. The molecule has 0 radical (unpaired) electrons. The molecule has 1 aromatic carbocycles. The van der Waals surface area contributed by atoms with E-state index in [2.05, 4.69) is 13.2 Å². The standard InChI is InChI=1S/C19H22N2O3/c1-3-10-21(11-4-2)19(18(23)24-12-9-20)8-7-15-13-17(22)6-5-16(15)14-19/h3-6,13,22H,1-2,7-8,10-12,14H2. The number of hydrogen-bond donors (Lipinski definition) is 1.